The van der Waals surface area contributed by atoms with E-state index in [9.17, 15) is 18.4 Å². The van der Waals surface area contributed by atoms with E-state index < -0.39 is 6.61 Å². The largest absolute Gasteiger partial charge is 0.435 e. The fourth-order valence-electron chi connectivity index (χ4n) is 4.03. The number of thioether (sulfide) groups is 1. The number of rotatable bonds is 10. The van der Waals surface area contributed by atoms with Crippen molar-refractivity contribution in [1.29, 1.82) is 0 Å². The van der Waals surface area contributed by atoms with E-state index in [-0.39, 0.29) is 23.3 Å². The summed E-state index contributed by atoms with van der Waals surface area (Å²) in [5.74, 6) is -0.340. The molecule has 2 aromatic heterocycles. The van der Waals surface area contributed by atoms with Gasteiger partial charge in [-0.1, -0.05) is 23.9 Å². The molecule has 4 N–H and O–H groups in total. The van der Waals surface area contributed by atoms with Crippen molar-refractivity contribution in [3.8, 4) is 5.75 Å². The summed E-state index contributed by atoms with van der Waals surface area (Å²) in [6.07, 6.45) is 2.61. The third kappa shape index (κ3) is 6.12. The lowest BCUT2D eigenvalue weighted by atomic mass is 10.1. The minimum Gasteiger partial charge on any atom is -0.435 e. The third-order valence-corrected chi connectivity index (χ3v) is 6.67. The molecule has 5 aromatic rings. The van der Waals surface area contributed by atoms with Gasteiger partial charge in [0.2, 0.25) is 5.91 Å². The maximum Gasteiger partial charge on any atom is 0.387 e. The lowest BCUT2D eigenvalue weighted by Gasteiger charge is -2.08. The standard InChI is InChI=1S/C27H23F2N5O3S/c28-26(29)37-19-8-9-22-23(14-19)34-27(33-22)38-15-24(35)32-18-6-4-17(5-7-18)25(36)31-12-10-16-2-1-3-21-20(16)11-13-30-21/h1-9,11,13-14,26,30H,10,12,15H2,(H,31,36)(H,32,35)(H,33,34). The molecule has 5 rings (SSSR count). The molecular weight excluding hydrogens is 512 g/mol. The monoisotopic (exact) mass is 535 g/mol. The van der Waals surface area contributed by atoms with Gasteiger partial charge < -0.3 is 25.3 Å². The molecule has 3 aromatic carbocycles. The summed E-state index contributed by atoms with van der Waals surface area (Å²) in [4.78, 5) is 35.4. The Bertz CT molecular complexity index is 1580. The molecule has 0 bridgehead atoms. The number of benzene rings is 3. The number of alkyl halides is 2. The summed E-state index contributed by atoms with van der Waals surface area (Å²) in [5.41, 5.74) is 4.39. The molecule has 11 heteroatoms. The van der Waals surface area contributed by atoms with Gasteiger partial charge in [-0.15, -0.1) is 0 Å². The second-order valence-corrected chi connectivity index (χ2v) is 9.34. The zero-order valence-corrected chi connectivity index (χ0v) is 20.8. The number of anilines is 1. The van der Waals surface area contributed by atoms with Crippen LogP contribution >= 0.6 is 11.8 Å². The smallest absolute Gasteiger partial charge is 0.387 e. The molecule has 2 heterocycles. The number of H-pyrrole nitrogens is 2. The number of halogens is 2. The topological polar surface area (TPSA) is 112 Å². The zero-order chi connectivity index (χ0) is 26.5. The zero-order valence-electron chi connectivity index (χ0n) is 20.0. The van der Waals surface area contributed by atoms with Crippen molar-refractivity contribution in [3.05, 3.63) is 84.1 Å². The Labute approximate surface area is 220 Å². The van der Waals surface area contributed by atoms with Gasteiger partial charge in [-0.05, 0) is 60.5 Å². The second-order valence-electron chi connectivity index (χ2n) is 8.38. The number of hydrogen-bond acceptors (Lipinski definition) is 5. The third-order valence-electron chi connectivity index (χ3n) is 5.79. The molecule has 2 amide bonds. The lowest BCUT2D eigenvalue weighted by Crippen LogP contribution is -2.25. The number of carbonyl (C=O) groups excluding carboxylic acids is 2. The number of aromatic amines is 2. The average molecular weight is 536 g/mol. The second kappa shape index (κ2) is 11.3. The molecule has 0 saturated carbocycles. The van der Waals surface area contributed by atoms with E-state index in [0.717, 1.165) is 16.5 Å². The molecule has 0 aliphatic heterocycles. The van der Waals surface area contributed by atoms with Crippen LogP contribution in [0.15, 0.2) is 78.1 Å². The van der Waals surface area contributed by atoms with Crippen LogP contribution in [0.1, 0.15) is 15.9 Å². The molecule has 38 heavy (non-hydrogen) atoms. The summed E-state index contributed by atoms with van der Waals surface area (Å²) >= 11 is 1.18. The number of nitrogens with zero attached hydrogens (tertiary/aromatic N) is 1. The number of aromatic nitrogens is 3. The Morgan fingerprint density at radius 1 is 1.03 bits per heavy atom. The van der Waals surface area contributed by atoms with Gasteiger partial charge in [-0.2, -0.15) is 8.78 Å². The summed E-state index contributed by atoms with van der Waals surface area (Å²) in [6, 6.07) is 19.1. The van der Waals surface area contributed by atoms with E-state index in [1.54, 1.807) is 30.3 Å². The van der Waals surface area contributed by atoms with E-state index in [1.807, 2.05) is 30.5 Å². The first-order valence-corrected chi connectivity index (χ1v) is 12.7. The van der Waals surface area contributed by atoms with E-state index in [1.165, 1.54) is 23.9 Å². The highest BCUT2D eigenvalue weighted by Crippen LogP contribution is 2.24. The number of fused-ring (bicyclic) bond motifs is 2. The van der Waals surface area contributed by atoms with Gasteiger partial charge in [-0.3, -0.25) is 9.59 Å². The minimum absolute atomic E-state index is 0.0249. The van der Waals surface area contributed by atoms with Crippen LogP contribution in [-0.2, 0) is 11.2 Å². The van der Waals surface area contributed by atoms with Gasteiger partial charge in [0.25, 0.3) is 5.91 Å². The van der Waals surface area contributed by atoms with Gasteiger partial charge in [0.15, 0.2) is 5.16 Å². The molecule has 0 radical (unpaired) electrons. The van der Waals surface area contributed by atoms with E-state index in [2.05, 4.69) is 30.3 Å². The number of hydrogen-bond donors (Lipinski definition) is 4. The van der Waals surface area contributed by atoms with Crippen LogP contribution in [0.5, 0.6) is 5.75 Å². The molecule has 0 spiro atoms. The summed E-state index contributed by atoms with van der Waals surface area (Å²) in [5, 5.41) is 7.34. The van der Waals surface area contributed by atoms with Crippen LogP contribution in [0.3, 0.4) is 0 Å². The summed E-state index contributed by atoms with van der Waals surface area (Å²) in [7, 11) is 0. The minimum atomic E-state index is -2.91. The van der Waals surface area contributed by atoms with Gasteiger partial charge in [0.05, 0.1) is 16.8 Å². The van der Waals surface area contributed by atoms with Crippen molar-refractivity contribution in [2.24, 2.45) is 0 Å². The molecule has 0 aliphatic carbocycles. The van der Waals surface area contributed by atoms with Crippen LogP contribution in [0.25, 0.3) is 21.9 Å². The average Bonchev–Trinajstić information content (AvgIpc) is 3.54. The fraction of sp³-hybridized carbons (Fsp3) is 0.148. The molecule has 0 atom stereocenters. The number of nitrogens with one attached hydrogen (secondary N) is 4. The van der Waals surface area contributed by atoms with Crippen LogP contribution in [0, 0.1) is 0 Å². The fourth-order valence-corrected chi connectivity index (χ4v) is 4.71. The summed E-state index contributed by atoms with van der Waals surface area (Å²) in [6.45, 7) is -2.41. The summed E-state index contributed by atoms with van der Waals surface area (Å²) < 4.78 is 29.2. The van der Waals surface area contributed by atoms with Crippen molar-refractivity contribution < 1.29 is 23.1 Å². The first kappa shape index (κ1) is 25.3. The van der Waals surface area contributed by atoms with Crippen molar-refractivity contribution >= 4 is 51.2 Å². The Hall–Kier alpha value is -4.38. The van der Waals surface area contributed by atoms with Crippen molar-refractivity contribution in [2.45, 2.75) is 18.2 Å². The first-order chi connectivity index (χ1) is 18.4. The normalized spacial score (nSPS) is 11.2. The van der Waals surface area contributed by atoms with Crippen molar-refractivity contribution in [2.75, 3.05) is 17.6 Å². The molecule has 194 valence electrons. The molecule has 0 saturated heterocycles. The number of ether oxygens (including phenoxy) is 1. The van der Waals surface area contributed by atoms with Crippen LogP contribution in [0.4, 0.5) is 14.5 Å². The maximum atomic E-state index is 12.5. The van der Waals surface area contributed by atoms with Crippen molar-refractivity contribution in [3.63, 3.8) is 0 Å². The predicted octanol–water partition coefficient (Wildman–Crippen LogP) is 5.35. The molecule has 0 aliphatic rings. The SMILES string of the molecule is O=C(CSc1nc2ccc(OC(F)F)cc2[nH]1)Nc1ccc(C(=O)NCCc2cccc3[nH]ccc23)cc1. The maximum absolute atomic E-state index is 12.5. The first-order valence-electron chi connectivity index (χ1n) is 11.7. The molecule has 0 fully saturated rings. The lowest BCUT2D eigenvalue weighted by molar-refractivity contribution is -0.113. The van der Waals surface area contributed by atoms with E-state index in [0.29, 0.717) is 40.4 Å². The number of amides is 2. The quantitative estimate of drug-likeness (QED) is 0.180. The van der Waals surface area contributed by atoms with Crippen LogP contribution in [0.2, 0.25) is 0 Å². The van der Waals surface area contributed by atoms with E-state index in [4.69, 9.17) is 0 Å². The van der Waals surface area contributed by atoms with E-state index >= 15 is 0 Å². The highest BCUT2D eigenvalue weighted by molar-refractivity contribution is 7.99. The van der Waals surface area contributed by atoms with Gasteiger partial charge in [-0.25, -0.2) is 4.98 Å². The van der Waals surface area contributed by atoms with Gasteiger partial charge in [0, 0.05) is 41.0 Å². The molecule has 0 unspecified atom stereocenters. The Morgan fingerprint density at radius 2 is 1.87 bits per heavy atom. The van der Waals surface area contributed by atoms with Gasteiger partial charge >= 0.3 is 6.61 Å². The Balaban J connectivity index is 1.09. The highest BCUT2D eigenvalue weighted by Gasteiger charge is 2.11. The van der Waals surface area contributed by atoms with Gasteiger partial charge in [0.1, 0.15) is 5.75 Å². The van der Waals surface area contributed by atoms with Crippen molar-refractivity contribution in [1.82, 2.24) is 20.3 Å². The number of imidazole rings is 1. The highest BCUT2D eigenvalue weighted by atomic mass is 32.2. The molecular formula is C27H23F2N5O3S. The van der Waals surface area contributed by atoms with Crippen LogP contribution < -0.4 is 15.4 Å². The predicted molar refractivity (Wildman–Crippen MR) is 143 cm³/mol. The number of carbonyl (C=O) groups is 2. The molecule has 8 nitrogen and oxygen atoms in total. The van der Waals surface area contributed by atoms with Crippen LogP contribution in [-0.4, -0.2) is 45.7 Å². The Morgan fingerprint density at radius 3 is 2.68 bits per heavy atom. The Kier molecular flexibility index (Phi) is 7.55.